The highest BCUT2D eigenvalue weighted by Crippen LogP contribution is 2.16. The Morgan fingerprint density at radius 3 is 1.88 bits per heavy atom. The Balaban J connectivity index is 5.05. The number of sulfone groups is 1. The SMILES string of the molecule is CC(C)[C@@H](NC(=O)C(C)(C)S(C)(=O)=O)C(=O)O. The van der Waals surface area contributed by atoms with Gasteiger partial charge in [-0.25, -0.2) is 13.2 Å². The van der Waals surface area contributed by atoms with Gasteiger partial charge in [0.05, 0.1) is 0 Å². The molecule has 7 heteroatoms. The molecule has 0 rings (SSSR count). The van der Waals surface area contributed by atoms with Crippen LogP contribution in [0, 0.1) is 5.92 Å². The second-order valence-corrected chi connectivity index (χ2v) is 7.38. The first-order valence-electron chi connectivity index (χ1n) is 5.14. The van der Waals surface area contributed by atoms with E-state index in [0.29, 0.717) is 0 Å². The molecule has 0 aromatic heterocycles. The summed E-state index contributed by atoms with van der Waals surface area (Å²) in [6.07, 6.45) is 0.942. The lowest BCUT2D eigenvalue weighted by Crippen LogP contribution is -2.54. The number of hydrogen-bond donors (Lipinski definition) is 2. The summed E-state index contributed by atoms with van der Waals surface area (Å²) in [4.78, 5) is 22.7. The van der Waals surface area contributed by atoms with E-state index in [9.17, 15) is 18.0 Å². The lowest BCUT2D eigenvalue weighted by atomic mass is 10.0. The molecular weight excluding hydrogens is 246 g/mol. The summed E-state index contributed by atoms with van der Waals surface area (Å²) in [7, 11) is -3.60. The summed E-state index contributed by atoms with van der Waals surface area (Å²) < 4.78 is 21.2. The van der Waals surface area contributed by atoms with Crippen molar-refractivity contribution in [3.63, 3.8) is 0 Å². The number of rotatable bonds is 5. The molecule has 2 N–H and O–H groups in total. The number of carboxylic acid groups (broad SMARTS) is 1. The molecule has 0 aromatic rings. The number of aliphatic carboxylic acids is 1. The number of amides is 1. The zero-order valence-electron chi connectivity index (χ0n) is 10.6. The Hall–Kier alpha value is -1.11. The number of nitrogens with one attached hydrogen (secondary N) is 1. The molecule has 0 aliphatic rings. The maximum atomic E-state index is 11.8. The van der Waals surface area contributed by atoms with Crippen molar-refractivity contribution in [2.45, 2.75) is 38.5 Å². The second-order valence-electron chi connectivity index (χ2n) is 4.82. The van der Waals surface area contributed by atoms with Crippen LogP contribution < -0.4 is 5.32 Å². The Morgan fingerprint density at radius 2 is 1.65 bits per heavy atom. The molecule has 17 heavy (non-hydrogen) atoms. The topological polar surface area (TPSA) is 101 Å². The Kier molecular flexibility index (Phi) is 4.70. The highest BCUT2D eigenvalue weighted by Gasteiger charge is 2.40. The van der Waals surface area contributed by atoms with Crippen LogP contribution in [0.2, 0.25) is 0 Å². The van der Waals surface area contributed by atoms with E-state index in [0.717, 1.165) is 6.26 Å². The molecule has 0 heterocycles. The van der Waals surface area contributed by atoms with Gasteiger partial charge in [-0.2, -0.15) is 0 Å². The molecule has 0 aromatic carbocycles. The van der Waals surface area contributed by atoms with Gasteiger partial charge in [0, 0.05) is 6.26 Å². The molecule has 0 aliphatic heterocycles. The smallest absolute Gasteiger partial charge is 0.326 e. The van der Waals surface area contributed by atoms with Crippen molar-refractivity contribution in [2.24, 2.45) is 5.92 Å². The van der Waals surface area contributed by atoms with E-state index in [4.69, 9.17) is 5.11 Å². The van der Waals surface area contributed by atoms with Gasteiger partial charge in [-0.05, 0) is 19.8 Å². The third-order valence-electron chi connectivity index (χ3n) is 2.69. The molecule has 0 radical (unpaired) electrons. The molecule has 0 saturated carbocycles. The summed E-state index contributed by atoms with van der Waals surface area (Å²) in [6.45, 7) is 5.76. The van der Waals surface area contributed by atoms with Crippen LogP contribution in [0.25, 0.3) is 0 Å². The van der Waals surface area contributed by atoms with Crippen molar-refractivity contribution >= 4 is 21.7 Å². The van der Waals surface area contributed by atoms with Gasteiger partial charge in [0.15, 0.2) is 9.84 Å². The van der Waals surface area contributed by atoms with E-state index < -0.39 is 32.5 Å². The third-order valence-corrected chi connectivity index (χ3v) is 4.73. The van der Waals surface area contributed by atoms with Crippen molar-refractivity contribution < 1.29 is 23.1 Å². The summed E-state index contributed by atoms with van der Waals surface area (Å²) >= 11 is 0. The van der Waals surface area contributed by atoms with E-state index in [2.05, 4.69) is 5.32 Å². The zero-order valence-corrected chi connectivity index (χ0v) is 11.5. The highest BCUT2D eigenvalue weighted by molar-refractivity contribution is 7.92. The van der Waals surface area contributed by atoms with Crippen LogP contribution in [0.15, 0.2) is 0 Å². The minimum absolute atomic E-state index is 0.327. The van der Waals surface area contributed by atoms with Crippen molar-refractivity contribution in [3.8, 4) is 0 Å². The first-order chi connectivity index (χ1) is 7.41. The van der Waals surface area contributed by atoms with Crippen molar-refractivity contribution in [1.82, 2.24) is 5.32 Å². The molecule has 0 unspecified atom stereocenters. The summed E-state index contributed by atoms with van der Waals surface area (Å²) in [5, 5.41) is 11.1. The Labute approximate surface area is 101 Å². The fourth-order valence-corrected chi connectivity index (χ4v) is 1.39. The summed E-state index contributed by atoms with van der Waals surface area (Å²) in [5.41, 5.74) is 0. The van der Waals surface area contributed by atoms with Gasteiger partial charge in [-0.3, -0.25) is 4.79 Å². The molecule has 0 spiro atoms. The maximum absolute atomic E-state index is 11.8. The van der Waals surface area contributed by atoms with Crippen LogP contribution in [-0.2, 0) is 19.4 Å². The molecule has 1 amide bonds. The molecule has 1 atom stereocenters. The molecule has 100 valence electrons. The van der Waals surface area contributed by atoms with Crippen molar-refractivity contribution in [3.05, 3.63) is 0 Å². The van der Waals surface area contributed by atoms with Gasteiger partial charge < -0.3 is 10.4 Å². The quantitative estimate of drug-likeness (QED) is 0.730. The average Bonchev–Trinajstić information content (AvgIpc) is 2.10. The Bertz CT molecular complexity index is 410. The van der Waals surface area contributed by atoms with Crippen LogP contribution in [0.3, 0.4) is 0 Å². The van der Waals surface area contributed by atoms with Crippen molar-refractivity contribution in [1.29, 1.82) is 0 Å². The van der Waals surface area contributed by atoms with Gasteiger partial charge in [0.2, 0.25) is 5.91 Å². The fourth-order valence-electron chi connectivity index (χ4n) is 0.997. The standard InChI is InChI=1S/C10H19NO5S/c1-6(2)7(8(12)13)11-9(14)10(3,4)17(5,15)16/h6-7H,1-5H3,(H,11,14)(H,12,13)/t7-/m1/s1. The predicted molar refractivity (Wildman–Crippen MR) is 63.3 cm³/mol. The Morgan fingerprint density at radius 1 is 1.24 bits per heavy atom. The van der Waals surface area contributed by atoms with Gasteiger partial charge in [-0.1, -0.05) is 13.8 Å². The first-order valence-corrected chi connectivity index (χ1v) is 7.03. The van der Waals surface area contributed by atoms with E-state index in [1.807, 2.05) is 0 Å². The molecule has 6 nitrogen and oxygen atoms in total. The van der Waals surface area contributed by atoms with Crippen LogP contribution in [0.1, 0.15) is 27.7 Å². The number of hydrogen-bond acceptors (Lipinski definition) is 4. The monoisotopic (exact) mass is 265 g/mol. The predicted octanol–water partition coefficient (Wildman–Crippen LogP) is 0.0350. The zero-order chi connectivity index (χ0) is 14.0. The number of carboxylic acids is 1. The van der Waals surface area contributed by atoms with E-state index in [-0.39, 0.29) is 5.92 Å². The highest BCUT2D eigenvalue weighted by atomic mass is 32.2. The van der Waals surface area contributed by atoms with E-state index in [1.165, 1.54) is 13.8 Å². The molecule has 0 fully saturated rings. The third kappa shape index (κ3) is 3.69. The van der Waals surface area contributed by atoms with Crippen LogP contribution in [-0.4, -0.2) is 42.4 Å². The first kappa shape index (κ1) is 15.9. The molecule has 0 saturated heterocycles. The molecular formula is C10H19NO5S. The van der Waals surface area contributed by atoms with Crippen LogP contribution in [0.5, 0.6) is 0 Å². The maximum Gasteiger partial charge on any atom is 0.326 e. The minimum atomic E-state index is -3.60. The normalized spacial score (nSPS) is 14.5. The number of carbonyl (C=O) groups excluding carboxylic acids is 1. The largest absolute Gasteiger partial charge is 0.480 e. The minimum Gasteiger partial charge on any atom is -0.480 e. The lowest BCUT2D eigenvalue weighted by molar-refractivity contribution is -0.143. The molecule has 0 aliphatic carbocycles. The molecule has 0 bridgehead atoms. The van der Waals surface area contributed by atoms with Gasteiger partial charge in [0.25, 0.3) is 0 Å². The summed E-state index contributed by atoms with van der Waals surface area (Å²) in [6, 6.07) is -1.09. The average molecular weight is 265 g/mol. The van der Waals surface area contributed by atoms with Gasteiger partial charge in [-0.15, -0.1) is 0 Å². The lowest BCUT2D eigenvalue weighted by Gasteiger charge is -2.25. The number of carbonyl (C=O) groups is 2. The fraction of sp³-hybridized carbons (Fsp3) is 0.800. The van der Waals surface area contributed by atoms with E-state index in [1.54, 1.807) is 13.8 Å². The van der Waals surface area contributed by atoms with Gasteiger partial charge >= 0.3 is 5.97 Å². The van der Waals surface area contributed by atoms with Gasteiger partial charge in [0.1, 0.15) is 10.8 Å². The van der Waals surface area contributed by atoms with Crippen LogP contribution in [0.4, 0.5) is 0 Å². The summed E-state index contributed by atoms with van der Waals surface area (Å²) in [5.74, 6) is -2.31. The van der Waals surface area contributed by atoms with Crippen LogP contribution >= 0.6 is 0 Å². The second kappa shape index (κ2) is 5.03. The van der Waals surface area contributed by atoms with Crippen molar-refractivity contribution in [2.75, 3.05) is 6.26 Å². The van der Waals surface area contributed by atoms with E-state index >= 15 is 0 Å².